The van der Waals surface area contributed by atoms with E-state index in [2.05, 4.69) is 6.92 Å². The number of carbonyl (C=O) groups excluding carboxylic acids is 2. The van der Waals surface area contributed by atoms with Crippen LogP contribution in [0.2, 0.25) is 0 Å². The summed E-state index contributed by atoms with van der Waals surface area (Å²) in [6.07, 6.45) is 6.71. The van der Waals surface area contributed by atoms with Crippen LogP contribution in [0.4, 0.5) is 0 Å². The van der Waals surface area contributed by atoms with Gasteiger partial charge in [-0.05, 0) is 18.1 Å². The van der Waals surface area contributed by atoms with E-state index in [-0.39, 0.29) is 0 Å². The molecular formula is C15H17ClO2. The number of Topliss-reactive ketones (excluding diaryl/α,β-unsaturated/α-hetero) is 1. The van der Waals surface area contributed by atoms with Gasteiger partial charge in [0.1, 0.15) is 0 Å². The van der Waals surface area contributed by atoms with Crippen molar-refractivity contribution in [2.24, 2.45) is 0 Å². The fourth-order valence-electron chi connectivity index (χ4n) is 1.57. The van der Waals surface area contributed by atoms with E-state index in [0.29, 0.717) is 5.56 Å². The Bertz CT molecular complexity index is 446. The van der Waals surface area contributed by atoms with E-state index in [0.717, 1.165) is 11.4 Å². The first-order chi connectivity index (χ1) is 8.70. The minimum absolute atomic E-state index is 0.409. The molecule has 0 bridgehead atoms. The van der Waals surface area contributed by atoms with Crippen molar-refractivity contribution in [1.29, 1.82) is 0 Å². The van der Waals surface area contributed by atoms with Gasteiger partial charge in [-0.15, -0.1) is 11.6 Å². The minimum Gasteiger partial charge on any atom is -0.286 e. The number of halogens is 1. The highest BCUT2D eigenvalue weighted by molar-refractivity contribution is 6.49. The van der Waals surface area contributed by atoms with Crippen LogP contribution in [-0.4, -0.2) is 17.4 Å². The zero-order valence-electron chi connectivity index (χ0n) is 10.5. The van der Waals surface area contributed by atoms with Crippen molar-refractivity contribution in [3.8, 4) is 0 Å². The Hall–Kier alpha value is -1.41. The molecule has 2 nitrogen and oxygen atoms in total. The molecule has 18 heavy (non-hydrogen) atoms. The summed E-state index contributed by atoms with van der Waals surface area (Å²) in [4.78, 5) is 22.1. The minimum atomic E-state index is -0.436. The Morgan fingerprint density at radius 2 is 1.78 bits per heavy atom. The lowest BCUT2D eigenvalue weighted by molar-refractivity contribution is -0.110. The molecule has 0 fully saturated rings. The van der Waals surface area contributed by atoms with Crippen LogP contribution < -0.4 is 0 Å². The fourth-order valence-corrected chi connectivity index (χ4v) is 1.76. The highest BCUT2D eigenvalue weighted by Crippen LogP contribution is 2.16. The molecule has 0 saturated carbocycles. The van der Waals surface area contributed by atoms with Crippen molar-refractivity contribution in [2.45, 2.75) is 26.2 Å². The van der Waals surface area contributed by atoms with Crippen LogP contribution in [-0.2, 0) is 4.79 Å². The third-order valence-corrected chi connectivity index (χ3v) is 2.85. The van der Waals surface area contributed by atoms with Crippen LogP contribution in [0.3, 0.4) is 0 Å². The lowest BCUT2D eigenvalue weighted by Gasteiger charge is -2.06. The largest absolute Gasteiger partial charge is 0.286 e. The molecule has 0 heterocycles. The molecule has 1 aromatic carbocycles. The Labute approximate surface area is 113 Å². The normalized spacial score (nSPS) is 12.8. The number of rotatable bonds is 3. The Balaban J connectivity index is 0.000000232. The highest BCUT2D eigenvalue weighted by Gasteiger charge is 2.19. The van der Waals surface area contributed by atoms with Gasteiger partial charge in [-0.2, -0.15) is 0 Å². The van der Waals surface area contributed by atoms with E-state index in [1.54, 1.807) is 18.2 Å². The van der Waals surface area contributed by atoms with Crippen molar-refractivity contribution in [1.82, 2.24) is 0 Å². The Kier molecular flexibility index (Phi) is 6.37. The van der Waals surface area contributed by atoms with Crippen molar-refractivity contribution in [3.63, 3.8) is 0 Å². The second-order valence-electron chi connectivity index (χ2n) is 4.01. The summed E-state index contributed by atoms with van der Waals surface area (Å²) in [7, 11) is 0. The molecule has 1 aromatic rings. The number of allylic oxidation sites excluding steroid dienone is 1. The summed E-state index contributed by atoms with van der Waals surface area (Å²) < 4.78 is 0. The van der Waals surface area contributed by atoms with Crippen LogP contribution in [0.25, 0.3) is 6.08 Å². The second-order valence-corrected chi connectivity index (χ2v) is 4.39. The molecule has 0 spiro atoms. The summed E-state index contributed by atoms with van der Waals surface area (Å²) in [6, 6.07) is 7.07. The van der Waals surface area contributed by atoms with E-state index < -0.39 is 11.6 Å². The summed E-state index contributed by atoms with van der Waals surface area (Å²) >= 11 is 5.38. The van der Waals surface area contributed by atoms with Gasteiger partial charge in [0.15, 0.2) is 0 Å². The topological polar surface area (TPSA) is 34.1 Å². The summed E-state index contributed by atoms with van der Waals surface area (Å²) in [5, 5.41) is 0. The molecule has 0 aromatic heterocycles. The summed E-state index contributed by atoms with van der Waals surface area (Å²) in [5.41, 5.74) is 1.33. The Morgan fingerprint density at radius 1 is 1.06 bits per heavy atom. The van der Waals surface area contributed by atoms with Crippen molar-refractivity contribution in [2.75, 3.05) is 5.88 Å². The van der Waals surface area contributed by atoms with Crippen LogP contribution >= 0.6 is 11.6 Å². The third kappa shape index (κ3) is 4.11. The number of hydrogen-bond acceptors (Lipinski definition) is 2. The number of carbonyl (C=O) groups is 2. The number of hydrogen-bond donors (Lipinski definition) is 0. The SMILES string of the molecule is CCCCCCl.O=C1C=Cc2ccccc2C1=O. The van der Waals surface area contributed by atoms with Gasteiger partial charge in [0, 0.05) is 11.4 Å². The maximum atomic E-state index is 11.2. The third-order valence-electron chi connectivity index (χ3n) is 2.58. The lowest BCUT2D eigenvalue weighted by Crippen LogP contribution is -2.15. The summed E-state index contributed by atoms with van der Waals surface area (Å²) in [6.45, 7) is 2.17. The van der Waals surface area contributed by atoms with Gasteiger partial charge < -0.3 is 0 Å². The van der Waals surface area contributed by atoms with Gasteiger partial charge in [0.25, 0.3) is 0 Å². The molecule has 96 valence electrons. The van der Waals surface area contributed by atoms with E-state index in [1.165, 1.54) is 25.3 Å². The predicted octanol–water partition coefficient (Wildman–Crippen LogP) is 3.88. The average Bonchev–Trinajstić information content (AvgIpc) is 2.42. The first-order valence-electron chi connectivity index (χ1n) is 6.12. The van der Waals surface area contributed by atoms with Crippen molar-refractivity contribution in [3.05, 3.63) is 41.5 Å². The van der Waals surface area contributed by atoms with Gasteiger partial charge in [0.05, 0.1) is 0 Å². The maximum absolute atomic E-state index is 11.2. The van der Waals surface area contributed by atoms with Crippen LogP contribution in [0.1, 0.15) is 42.1 Å². The van der Waals surface area contributed by atoms with Crippen LogP contribution in [0, 0.1) is 0 Å². The van der Waals surface area contributed by atoms with E-state index in [4.69, 9.17) is 11.6 Å². The molecule has 0 unspecified atom stereocenters. The molecule has 0 aliphatic heterocycles. The molecule has 0 saturated heterocycles. The number of ketones is 2. The van der Waals surface area contributed by atoms with E-state index >= 15 is 0 Å². The molecule has 1 aliphatic carbocycles. The molecule has 0 N–H and O–H groups in total. The van der Waals surface area contributed by atoms with Gasteiger partial charge in [-0.1, -0.05) is 50.1 Å². The second kappa shape index (κ2) is 7.83. The number of fused-ring (bicyclic) bond motifs is 1. The molecule has 3 heteroatoms. The smallest absolute Gasteiger partial charge is 0.233 e. The number of unbranched alkanes of at least 4 members (excludes halogenated alkanes) is 2. The first kappa shape index (κ1) is 14.7. The number of benzene rings is 1. The average molecular weight is 265 g/mol. The summed E-state index contributed by atoms with van der Waals surface area (Å²) in [5.74, 6) is -0.0183. The van der Waals surface area contributed by atoms with Crippen molar-refractivity contribution < 1.29 is 9.59 Å². The molecule has 1 aliphatic rings. The first-order valence-corrected chi connectivity index (χ1v) is 6.66. The van der Waals surface area contributed by atoms with Crippen LogP contribution in [0.5, 0.6) is 0 Å². The van der Waals surface area contributed by atoms with Crippen molar-refractivity contribution >= 4 is 29.2 Å². The van der Waals surface area contributed by atoms with Gasteiger partial charge in [-0.25, -0.2) is 0 Å². The van der Waals surface area contributed by atoms with E-state index in [1.807, 2.05) is 12.1 Å². The Morgan fingerprint density at radius 3 is 2.39 bits per heavy atom. The number of alkyl halides is 1. The molecule has 0 amide bonds. The van der Waals surface area contributed by atoms with E-state index in [9.17, 15) is 9.59 Å². The monoisotopic (exact) mass is 264 g/mol. The molecular weight excluding hydrogens is 248 g/mol. The molecule has 0 radical (unpaired) electrons. The van der Waals surface area contributed by atoms with Gasteiger partial charge >= 0.3 is 0 Å². The predicted molar refractivity (Wildman–Crippen MR) is 75.1 cm³/mol. The standard InChI is InChI=1S/C10H6O2.C5H11Cl/c11-9-6-5-7-3-1-2-4-8(7)10(9)12;1-2-3-4-5-6/h1-6H;2-5H2,1H3. The molecule has 0 atom stereocenters. The quantitative estimate of drug-likeness (QED) is 0.472. The zero-order chi connectivity index (χ0) is 13.4. The lowest BCUT2D eigenvalue weighted by atomic mass is 9.96. The van der Waals surface area contributed by atoms with Gasteiger partial charge in [0.2, 0.25) is 11.6 Å². The van der Waals surface area contributed by atoms with Gasteiger partial charge in [-0.3, -0.25) is 9.59 Å². The maximum Gasteiger partial charge on any atom is 0.233 e. The van der Waals surface area contributed by atoms with Crippen LogP contribution in [0.15, 0.2) is 30.3 Å². The fraction of sp³-hybridized carbons (Fsp3) is 0.333. The highest BCUT2D eigenvalue weighted by atomic mass is 35.5. The zero-order valence-corrected chi connectivity index (χ0v) is 11.2. The molecule has 2 rings (SSSR count).